The molecule has 0 atom stereocenters. The lowest BCUT2D eigenvalue weighted by Gasteiger charge is -2.23. The van der Waals surface area contributed by atoms with Crippen LogP contribution in [-0.4, -0.2) is 9.13 Å². The van der Waals surface area contributed by atoms with Gasteiger partial charge in [-0.15, -0.1) is 0 Å². The summed E-state index contributed by atoms with van der Waals surface area (Å²) < 4.78 is 11.2. The summed E-state index contributed by atoms with van der Waals surface area (Å²) in [7, 11) is 0. The molecule has 9 rings (SSSR count). The number of para-hydroxylation sites is 5. The van der Waals surface area contributed by atoms with E-state index < -0.39 is 0 Å². The highest BCUT2D eigenvalue weighted by molar-refractivity contribution is 6.22. The van der Waals surface area contributed by atoms with Crippen LogP contribution >= 0.6 is 0 Å². The SMILES string of the molecule is c1ccc2c(c1)oc1cccc3c1-n2c1ccc(-n2c4ccccc4c4ccccc42)c2cccc3c21. The Kier molecular flexibility index (Phi) is 3.53. The Morgan fingerprint density at radius 3 is 1.78 bits per heavy atom. The molecule has 0 N–H and O–H groups in total. The van der Waals surface area contributed by atoms with Crippen LogP contribution < -0.4 is 0 Å². The molecule has 0 unspecified atom stereocenters. The van der Waals surface area contributed by atoms with Crippen LogP contribution in [-0.2, 0) is 0 Å². The van der Waals surface area contributed by atoms with Crippen LogP contribution in [0.2, 0.25) is 0 Å². The van der Waals surface area contributed by atoms with Crippen LogP contribution in [0.3, 0.4) is 0 Å². The molecule has 172 valence electrons. The Labute approximate surface area is 211 Å². The molecule has 0 spiro atoms. The van der Waals surface area contributed by atoms with Crippen molar-refractivity contribution in [2.45, 2.75) is 0 Å². The summed E-state index contributed by atoms with van der Waals surface area (Å²) in [6.45, 7) is 0. The molecule has 7 aromatic rings. The summed E-state index contributed by atoms with van der Waals surface area (Å²) in [6.07, 6.45) is 0. The maximum atomic E-state index is 6.37. The highest BCUT2D eigenvalue weighted by atomic mass is 16.3. The molecule has 2 aliphatic heterocycles. The van der Waals surface area contributed by atoms with Gasteiger partial charge in [-0.1, -0.05) is 78.9 Å². The van der Waals surface area contributed by atoms with E-state index >= 15 is 0 Å². The number of hydrogen-bond donors (Lipinski definition) is 0. The van der Waals surface area contributed by atoms with E-state index in [1.807, 2.05) is 6.07 Å². The van der Waals surface area contributed by atoms with Crippen LogP contribution in [0, 0.1) is 0 Å². The quantitative estimate of drug-likeness (QED) is 0.172. The van der Waals surface area contributed by atoms with Crippen molar-refractivity contribution in [1.29, 1.82) is 0 Å². The van der Waals surface area contributed by atoms with E-state index in [0.717, 1.165) is 22.4 Å². The molecule has 37 heavy (non-hydrogen) atoms. The van der Waals surface area contributed by atoms with Crippen molar-refractivity contribution in [3.8, 4) is 11.4 Å². The van der Waals surface area contributed by atoms with E-state index in [1.54, 1.807) is 0 Å². The molecule has 0 radical (unpaired) electrons. The Morgan fingerprint density at radius 2 is 0.973 bits per heavy atom. The fourth-order valence-electron chi connectivity index (χ4n) is 6.43. The van der Waals surface area contributed by atoms with Gasteiger partial charge >= 0.3 is 0 Å². The van der Waals surface area contributed by atoms with Gasteiger partial charge in [0, 0.05) is 26.9 Å². The van der Waals surface area contributed by atoms with Gasteiger partial charge in [0.15, 0.2) is 11.2 Å². The molecule has 0 aliphatic carbocycles. The summed E-state index contributed by atoms with van der Waals surface area (Å²) >= 11 is 0. The van der Waals surface area contributed by atoms with Gasteiger partial charge in [-0.2, -0.15) is 0 Å². The predicted octanol–water partition coefficient (Wildman–Crippen LogP) is 9.22. The van der Waals surface area contributed by atoms with Gasteiger partial charge in [-0.25, -0.2) is 0 Å². The average molecular weight is 473 g/mol. The summed E-state index contributed by atoms with van der Waals surface area (Å²) in [5.74, 6) is 0. The van der Waals surface area contributed by atoms with Gasteiger partial charge in [0.05, 0.1) is 33.4 Å². The van der Waals surface area contributed by atoms with Crippen molar-refractivity contribution in [3.63, 3.8) is 0 Å². The first-order chi connectivity index (χ1) is 18.4. The molecule has 0 saturated heterocycles. The highest BCUT2D eigenvalue weighted by Crippen LogP contribution is 2.43. The number of nitrogens with zero attached hydrogens (tertiary/aromatic N) is 2. The molecule has 2 aliphatic rings. The van der Waals surface area contributed by atoms with Gasteiger partial charge in [-0.3, -0.25) is 0 Å². The van der Waals surface area contributed by atoms with E-state index in [-0.39, 0.29) is 0 Å². The molecule has 3 heterocycles. The fourth-order valence-corrected chi connectivity index (χ4v) is 6.43. The van der Waals surface area contributed by atoms with Crippen LogP contribution in [0.25, 0.3) is 76.9 Å². The van der Waals surface area contributed by atoms with Crippen LogP contribution in [0.5, 0.6) is 0 Å². The first-order valence-electron chi connectivity index (χ1n) is 12.6. The second-order valence-corrected chi connectivity index (χ2v) is 9.76. The molecule has 0 bridgehead atoms. The van der Waals surface area contributed by atoms with Crippen LogP contribution in [0.1, 0.15) is 0 Å². The number of fused-ring (bicyclic) bond motifs is 7. The summed E-state index contributed by atoms with van der Waals surface area (Å²) in [4.78, 5) is 0. The first kappa shape index (κ1) is 19.2. The highest BCUT2D eigenvalue weighted by Gasteiger charge is 2.22. The Hall–Kier alpha value is -5.02. The maximum absolute atomic E-state index is 6.37. The van der Waals surface area contributed by atoms with Gasteiger partial charge in [-0.05, 0) is 47.9 Å². The molecule has 6 aromatic carbocycles. The van der Waals surface area contributed by atoms with Crippen molar-refractivity contribution in [3.05, 3.63) is 121 Å². The molecule has 3 nitrogen and oxygen atoms in total. The standard InChI is InChI=1S/C34H20N2O/c1-3-14-26-21(9-1)22-10-2-4-15-27(22)35(26)28-19-20-30-33-23(11-7-13-25(28)33)24-12-8-18-32-34(24)36(30)29-16-5-6-17-31(29)37-32/h1-20H. The molecule has 1 aromatic heterocycles. The van der Waals surface area contributed by atoms with Crippen LogP contribution in [0.15, 0.2) is 126 Å². The van der Waals surface area contributed by atoms with Crippen molar-refractivity contribution in [2.75, 3.05) is 0 Å². The summed E-state index contributed by atoms with van der Waals surface area (Å²) in [5.41, 5.74) is 8.79. The lowest BCUT2D eigenvalue weighted by molar-refractivity contribution is 0.648. The number of benzene rings is 6. The van der Waals surface area contributed by atoms with E-state index in [9.17, 15) is 0 Å². The topological polar surface area (TPSA) is 23.0 Å². The smallest absolute Gasteiger partial charge is 0.152 e. The van der Waals surface area contributed by atoms with Crippen molar-refractivity contribution >= 4 is 65.6 Å². The largest absolute Gasteiger partial charge is 0.453 e. The molecule has 0 amide bonds. The van der Waals surface area contributed by atoms with Gasteiger partial charge < -0.3 is 13.6 Å². The monoisotopic (exact) mass is 472 g/mol. The van der Waals surface area contributed by atoms with Crippen molar-refractivity contribution in [2.24, 2.45) is 0 Å². The minimum absolute atomic E-state index is 0.881. The second-order valence-electron chi connectivity index (χ2n) is 9.76. The first-order valence-corrected chi connectivity index (χ1v) is 12.6. The molecular weight excluding hydrogens is 452 g/mol. The van der Waals surface area contributed by atoms with E-state index in [2.05, 4.69) is 124 Å². The normalized spacial score (nSPS) is 12.3. The average Bonchev–Trinajstić information content (AvgIpc) is 3.29. The Balaban J connectivity index is 1.54. The van der Waals surface area contributed by atoms with Crippen molar-refractivity contribution < 1.29 is 4.42 Å². The minimum atomic E-state index is 0.881. The predicted molar refractivity (Wildman–Crippen MR) is 154 cm³/mol. The van der Waals surface area contributed by atoms with E-state index in [4.69, 9.17) is 4.42 Å². The lowest BCUT2D eigenvalue weighted by atomic mass is 9.97. The maximum Gasteiger partial charge on any atom is 0.152 e. The zero-order valence-corrected chi connectivity index (χ0v) is 19.8. The van der Waals surface area contributed by atoms with Crippen LogP contribution in [0.4, 0.5) is 0 Å². The molecule has 3 heteroatoms. The van der Waals surface area contributed by atoms with E-state index in [1.165, 1.54) is 54.6 Å². The third-order valence-electron chi connectivity index (χ3n) is 7.90. The van der Waals surface area contributed by atoms with Gasteiger partial charge in [0.2, 0.25) is 0 Å². The lowest BCUT2D eigenvalue weighted by Crippen LogP contribution is -2.06. The molecule has 0 fully saturated rings. The number of hydrogen-bond acceptors (Lipinski definition) is 1. The number of rotatable bonds is 1. The number of pyridine rings is 1. The minimum Gasteiger partial charge on any atom is -0.453 e. The zero-order chi connectivity index (χ0) is 24.1. The third-order valence-corrected chi connectivity index (χ3v) is 7.90. The van der Waals surface area contributed by atoms with E-state index in [0.29, 0.717) is 0 Å². The third kappa shape index (κ3) is 2.36. The Bertz CT molecular complexity index is 2260. The summed E-state index contributed by atoms with van der Waals surface area (Å²) in [5, 5.41) is 7.49. The fraction of sp³-hybridized carbons (Fsp3) is 0. The molecular formula is C34H20N2O. The summed E-state index contributed by atoms with van der Waals surface area (Å²) in [6, 6.07) is 43.4. The number of aromatic nitrogens is 2. The Morgan fingerprint density at radius 1 is 0.378 bits per heavy atom. The van der Waals surface area contributed by atoms with Gasteiger partial charge in [0.25, 0.3) is 0 Å². The second kappa shape index (κ2) is 6.80. The molecule has 0 saturated carbocycles. The zero-order valence-electron chi connectivity index (χ0n) is 19.8. The van der Waals surface area contributed by atoms with Gasteiger partial charge in [0.1, 0.15) is 0 Å². The van der Waals surface area contributed by atoms with Crippen molar-refractivity contribution in [1.82, 2.24) is 9.13 Å².